The molecule has 1 aromatic carbocycles. The normalized spacial score (nSPS) is 20.0. The SMILES string of the molecule is O=C(CCc1nc2ccccc2s1)N1C[C@@H](Cc2ccncc2)[C@H](O)C1. The number of carbonyl (C=O) groups excluding carboxylic acids is 1. The molecule has 0 saturated carbocycles. The number of carbonyl (C=O) groups is 1. The van der Waals surface area contributed by atoms with Crippen molar-refractivity contribution in [2.75, 3.05) is 13.1 Å². The average Bonchev–Trinajstić information content (AvgIpc) is 3.24. The highest BCUT2D eigenvalue weighted by Gasteiger charge is 2.33. The third-order valence-electron chi connectivity index (χ3n) is 4.90. The summed E-state index contributed by atoms with van der Waals surface area (Å²) < 4.78 is 1.16. The van der Waals surface area contributed by atoms with E-state index in [1.807, 2.05) is 30.3 Å². The van der Waals surface area contributed by atoms with Crippen molar-refractivity contribution < 1.29 is 9.90 Å². The number of β-amino-alcohol motifs (C(OH)–C–C–N with tert-alkyl or cyclic N) is 1. The second-order valence-corrected chi connectivity index (χ2v) is 7.88. The fraction of sp³-hybridized carbons (Fsp3) is 0.350. The predicted molar refractivity (Wildman–Crippen MR) is 102 cm³/mol. The number of hydrogen-bond donors (Lipinski definition) is 1. The Morgan fingerprint density at radius 2 is 2.00 bits per heavy atom. The van der Waals surface area contributed by atoms with Crippen LogP contribution in [0.1, 0.15) is 17.0 Å². The Labute approximate surface area is 156 Å². The molecule has 3 heterocycles. The van der Waals surface area contributed by atoms with Crippen LogP contribution in [0.2, 0.25) is 0 Å². The molecule has 1 saturated heterocycles. The van der Waals surface area contributed by atoms with Crippen LogP contribution >= 0.6 is 11.3 Å². The van der Waals surface area contributed by atoms with Crippen molar-refractivity contribution >= 4 is 27.5 Å². The van der Waals surface area contributed by atoms with Crippen molar-refractivity contribution in [2.24, 2.45) is 5.92 Å². The zero-order valence-electron chi connectivity index (χ0n) is 14.4. The number of hydrogen-bond acceptors (Lipinski definition) is 5. The zero-order valence-corrected chi connectivity index (χ0v) is 15.2. The highest BCUT2D eigenvalue weighted by atomic mass is 32.1. The summed E-state index contributed by atoms with van der Waals surface area (Å²) in [4.78, 5) is 23.0. The molecule has 3 aromatic rings. The van der Waals surface area contributed by atoms with Gasteiger partial charge in [-0.1, -0.05) is 12.1 Å². The van der Waals surface area contributed by atoms with Gasteiger partial charge in [-0.3, -0.25) is 9.78 Å². The minimum absolute atomic E-state index is 0.0869. The van der Waals surface area contributed by atoms with Crippen LogP contribution in [-0.2, 0) is 17.6 Å². The van der Waals surface area contributed by atoms with E-state index < -0.39 is 6.10 Å². The van der Waals surface area contributed by atoms with Crippen LogP contribution in [0.4, 0.5) is 0 Å². The van der Waals surface area contributed by atoms with Crippen LogP contribution in [0.5, 0.6) is 0 Å². The Bertz CT molecular complexity index is 863. The lowest BCUT2D eigenvalue weighted by Gasteiger charge is -2.15. The van der Waals surface area contributed by atoms with E-state index in [1.54, 1.807) is 28.6 Å². The number of aliphatic hydroxyl groups is 1. The first-order chi connectivity index (χ1) is 12.7. The summed E-state index contributed by atoms with van der Waals surface area (Å²) in [6.45, 7) is 1.04. The molecule has 1 fully saturated rings. The number of aryl methyl sites for hydroxylation is 1. The number of thiazole rings is 1. The van der Waals surface area contributed by atoms with Gasteiger partial charge in [0.25, 0.3) is 0 Å². The maximum atomic E-state index is 12.6. The molecule has 0 radical (unpaired) electrons. The standard InChI is InChI=1S/C20H21N3O2S/c24-17-13-23(12-15(17)11-14-7-9-21-10-8-14)20(25)6-5-19-22-16-3-1-2-4-18(16)26-19/h1-4,7-10,15,17,24H,5-6,11-13H2/t15-,17-/m1/s1. The Hall–Kier alpha value is -2.31. The Kier molecular flexibility index (Phi) is 4.95. The number of fused-ring (bicyclic) bond motifs is 1. The van der Waals surface area contributed by atoms with Gasteiger partial charge in [-0.2, -0.15) is 0 Å². The van der Waals surface area contributed by atoms with Crippen molar-refractivity contribution in [3.8, 4) is 0 Å². The largest absolute Gasteiger partial charge is 0.391 e. The highest BCUT2D eigenvalue weighted by molar-refractivity contribution is 7.18. The lowest BCUT2D eigenvalue weighted by molar-refractivity contribution is -0.130. The minimum Gasteiger partial charge on any atom is -0.391 e. The van der Waals surface area contributed by atoms with Crippen LogP contribution in [0.25, 0.3) is 10.2 Å². The molecule has 26 heavy (non-hydrogen) atoms. The average molecular weight is 367 g/mol. The molecule has 6 heteroatoms. The van der Waals surface area contributed by atoms with E-state index in [0.29, 0.717) is 25.9 Å². The Morgan fingerprint density at radius 3 is 2.81 bits per heavy atom. The van der Waals surface area contributed by atoms with Crippen LogP contribution in [0.3, 0.4) is 0 Å². The lowest BCUT2D eigenvalue weighted by atomic mass is 9.97. The smallest absolute Gasteiger partial charge is 0.223 e. The molecule has 2 atom stereocenters. The first-order valence-corrected chi connectivity index (χ1v) is 9.70. The number of amides is 1. The molecule has 1 aliphatic rings. The quantitative estimate of drug-likeness (QED) is 0.753. The Balaban J connectivity index is 1.33. The number of rotatable bonds is 5. The van der Waals surface area contributed by atoms with Gasteiger partial charge in [-0.05, 0) is 36.2 Å². The summed E-state index contributed by atoms with van der Waals surface area (Å²) in [6.07, 6.45) is 4.92. The summed E-state index contributed by atoms with van der Waals surface area (Å²) in [5, 5.41) is 11.3. The van der Waals surface area contributed by atoms with Crippen molar-refractivity contribution in [1.29, 1.82) is 0 Å². The molecule has 0 spiro atoms. The third kappa shape index (κ3) is 3.76. The van der Waals surface area contributed by atoms with Crippen LogP contribution in [0.15, 0.2) is 48.8 Å². The number of pyridine rings is 1. The number of nitrogens with zero attached hydrogens (tertiary/aromatic N) is 3. The lowest BCUT2D eigenvalue weighted by Crippen LogP contribution is -2.29. The van der Waals surface area contributed by atoms with Gasteiger partial charge in [0.05, 0.1) is 21.3 Å². The number of likely N-dealkylation sites (tertiary alicyclic amines) is 1. The molecule has 2 aromatic heterocycles. The topological polar surface area (TPSA) is 66.3 Å². The fourth-order valence-corrected chi connectivity index (χ4v) is 4.45. The van der Waals surface area contributed by atoms with Gasteiger partial charge in [0.1, 0.15) is 0 Å². The van der Waals surface area contributed by atoms with Crippen molar-refractivity contribution in [2.45, 2.75) is 25.4 Å². The van der Waals surface area contributed by atoms with Gasteiger partial charge < -0.3 is 10.0 Å². The van der Waals surface area contributed by atoms with Gasteiger partial charge in [0.15, 0.2) is 0 Å². The van der Waals surface area contributed by atoms with E-state index in [9.17, 15) is 9.90 Å². The maximum absolute atomic E-state index is 12.6. The number of aromatic nitrogens is 2. The van der Waals surface area contributed by atoms with Gasteiger partial charge in [0.2, 0.25) is 5.91 Å². The van der Waals surface area contributed by atoms with Gasteiger partial charge in [-0.15, -0.1) is 11.3 Å². The molecule has 1 amide bonds. The van der Waals surface area contributed by atoms with Crippen molar-refractivity contribution in [3.05, 3.63) is 59.4 Å². The van der Waals surface area contributed by atoms with E-state index in [-0.39, 0.29) is 11.8 Å². The van der Waals surface area contributed by atoms with Gasteiger partial charge in [-0.25, -0.2) is 4.98 Å². The van der Waals surface area contributed by atoms with Crippen LogP contribution < -0.4 is 0 Å². The number of benzene rings is 1. The number of aliphatic hydroxyl groups excluding tert-OH is 1. The van der Waals surface area contributed by atoms with Crippen LogP contribution in [0, 0.1) is 5.92 Å². The summed E-state index contributed by atoms with van der Waals surface area (Å²) in [7, 11) is 0. The van der Waals surface area contributed by atoms with Crippen molar-refractivity contribution in [1.82, 2.24) is 14.9 Å². The molecule has 0 aliphatic carbocycles. The third-order valence-corrected chi connectivity index (χ3v) is 5.99. The van der Waals surface area contributed by atoms with E-state index >= 15 is 0 Å². The summed E-state index contributed by atoms with van der Waals surface area (Å²) in [5.74, 6) is 0.185. The van der Waals surface area contributed by atoms with Gasteiger partial charge in [0, 0.05) is 44.2 Å². The molecule has 0 unspecified atom stereocenters. The maximum Gasteiger partial charge on any atom is 0.223 e. The summed E-state index contributed by atoms with van der Waals surface area (Å²) in [5.41, 5.74) is 2.14. The molecule has 1 N–H and O–H groups in total. The minimum atomic E-state index is -0.463. The molecule has 1 aliphatic heterocycles. The zero-order chi connectivity index (χ0) is 17.9. The van der Waals surface area contributed by atoms with Crippen molar-refractivity contribution in [3.63, 3.8) is 0 Å². The molecule has 134 valence electrons. The highest BCUT2D eigenvalue weighted by Crippen LogP contribution is 2.25. The summed E-state index contributed by atoms with van der Waals surface area (Å²) in [6, 6.07) is 12.0. The van der Waals surface area contributed by atoms with Crippen LogP contribution in [-0.4, -0.2) is 45.1 Å². The first-order valence-electron chi connectivity index (χ1n) is 8.88. The van der Waals surface area contributed by atoms with E-state index in [1.165, 1.54) is 0 Å². The molecule has 4 rings (SSSR count). The second-order valence-electron chi connectivity index (χ2n) is 6.76. The predicted octanol–water partition coefficient (Wildman–Crippen LogP) is 2.69. The summed E-state index contributed by atoms with van der Waals surface area (Å²) >= 11 is 1.65. The van der Waals surface area contributed by atoms with Gasteiger partial charge >= 0.3 is 0 Å². The van der Waals surface area contributed by atoms with E-state index in [4.69, 9.17) is 0 Å². The molecular formula is C20H21N3O2S. The van der Waals surface area contributed by atoms with E-state index in [2.05, 4.69) is 16.0 Å². The monoisotopic (exact) mass is 367 g/mol. The Morgan fingerprint density at radius 1 is 1.19 bits per heavy atom. The number of para-hydroxylation sites is 1. The second kappa shape index (κ2) is 7.51. The molecular weight excluding hydrogens is 346 g/mol. The molecule has 5 nitrogen and oxygen atoms in total. The molecule has 0 bridgehead atoms. The first kappa shape index (κ1) is 17.1. The fourth-order valence-electron chi connectivity index (χ4n) is 3.48. The van der Waals surface area contributed by atoms with E-state index in [0.717, 1.165) is 27.2 Å².